The molecule has 8 heterocycles. The number of nitrogens with one attached hydrogen (secondary N) is 2. The Morgan fingerprint density at radius 3 is 1.02 bits per heavy atom. The molecule has 0 aromatic carbocycles. The summed E-state index contributed by atoms with van der Waals surface area (Å²) in [6.07, 6.45) is 18.4. The van der Waals surface area contributed by atoms with Crippen molar-refractivity contribution in [2.45, 2.75) is 214 Å². The quantitative estimate of drug-likeness (QED) is 0.0221. The number of thiol groups is 2. The molecule has 20 nitrogen and oxygen atoms in total. The maximum atomic E-state index is 12.6. The number of rotatable bonds is 26. The monoisotopic (exact) mass is 1810 g/mol. The predicted molar refractivity (Wildman–Crippen MR) is 419 cm³/mol. The first-order valence-corrected chi connectivity index (χ1v) is 48.4. The zero-order chi connectivity index (χ0) is 69.2. The Hall–Kier alpha value is 0.985. The maximum Gasteiger partial charge on any atom is 1.00 e. The molecule has 36 heteroatoms. The molecule has 3 radical (unpaired) electrons. The number of alkyl halides is 4. The van der Waals surface area contributed by atoms with Gasteiger partial charge < -0.3 is 51.3 Å². The number of piperazine rings is 5. The van der Waals surface area contributed by atoms with Gasteiger partial charge in [0.2, 0.25) is 23.6 Å². The first kappa shape index (κ1) is 98.2. The van der Waals surface area contributed by atoms with Gasteiger partial charge in [-0.15, -0.1) is 25.3 Å². The van der Waals surface area contributed by atoms with Crippen LogP contribution >= 0.6 is 135 Å². The normalized spacial score (nSPS) is 21.7. The van der Waals surface area contributed by atoms with Gasteiger partial charge in [-0.25, -0.2) is 0 Å². The van der Waals surface area contributed by atoms with Gasteiger partial charge in [-0.05, 0) is 86.7 Å². The van der Waals surface area contributed by atoms with Crippen molar-refractivity contribution in [3.05, 3.63) is 0 Å². The molecule has 10 amide bonds. The summed E-state index contributed by atoms with van der Waals surface area (Å²) in [6.45, 7) is 25.1. The van der Waals surface area contributed by atoms with E-state index in [1.807, 2.05) is 0 Å². The summed E-state index contributed by atoms with van der Waals surface area (Å²) in [5.74, 6) is 0.284. The molecule has 8 fully saturated rings. The molecule has 8 saturated heterocycles. The van der Waals surface area contributed by atoms with E-state index < -0.39 is 15.0 Å². The van der Waals surface area contributed by atoms with Gasteiger partial charge in [0, 0.05) is 103 Å². The Morgan fingerprint density at radius 1 is 0.505 bits per heavy atom. The molecule has 93 heavy (non-hydrogen) atoms. The SMILES string of the molecule is CCCCBr.CCCCN1C(=O)C(S)N(CCCC)C(=O)C1S.CCCCN1C(=O)C2N(CCCC)C(=O)C1S2=S=S=S.CCCCN1C(=O)C2SSC1C(=O)N2CCCC.CCCCN1CC(=O)N(CCCC)CC1=O.ClC(Cl)Cl.II.O=C1CNC(=O)CN1.[B].[H-].[Na+]. The number of carbonyl (C=O) groups is 10. The van der Waals surface area contributed by atoms with E-state index in [2.05, 4.69) is 151 Å². The fourth-order valence-electron chi connectivity index (χ4n) is 9.11. The molecule has 533 valence electrons. The second-order valence-corrected chi connectivity index (χ2v) is 33.7. The largest absolute Gasteiger partial charge is 1.00 e. The molecule has 0 saturated carbocycles. The molecule has 0 aromatic rings. The molecule has 0 aromatic heterocycles. The van der Waals surface area contributed by atoms with Crippen molar-refractivity contribution in [3.8, 4) is 0 Å². The topological polar surface area (TPSA) is 221 Å². The van der Waals surface area contributed by atoms with E-state index in [4.69, 9.17) is 46.0 Å². The van der Waals surface area contributed by atoms with E-state index >= 15 is 0 Å². The van der Waals surface area contributed by atoms with E-state index in [9.17, 15) is 47.9 Å². The number of nitrogens with zero attached hydrogens (tertiary/aromatic N) is 8. The Balaban J connectivity index is -0.000000521. The second-order valence-electron chi connectivity index (χ2n) is 21.3. The Labute approximate surface area is 659 Å². The van der Waals surface area contributed by atoms with Gasteiger partial charge in [0.25, 0.3) is 35.4 Å². The molecule has 8 aliphatic rings. The van der Waals surface area contributed by atoms with Crippen molar-refractivity contribution in [1.82, 2.24) is 49.8 Å². The summed E-state index contributed by atoms with van der Waals surface area (Å²) in [6, 6.07) is 0. The van der Waals surface area contributed by atoms with Crippen molar-refractivity contribution in [2.24, 2.45) is 0 Å². The Kier molecular flexibility index (Phi) is 61.7. The van der Waals surface area contributed by atoms with Crippen LogP contribution < -0.4 is 40.2 Å². The predicted octanol–water partition coefficient (Wildman–Crippen LogP) is 7.24. The van der Waals surface area contributed by atoms with Crippen molar-refractivity contribution in [1.29, 1.82) is 0 Å². The third kappa shape index (κ3) is 34.7. The van der Waals surface area contributed by atoms with Gasteiger partial charge in [0.15, 0.2) is 36.5 Å². The van der Waals surface area contributed by atoms with Gasteiger partial charge >= 0.3 is 29.6 Å². The number of hydrogen-bond donors (Lipinski definition) is 4. The van der Waals surface area contributed by atoms with Gasteiger partial charge in [-0.1, -0.05) is 202 Å². The molecule has 2 N–H and O–H groups in total. The minimum absolute atomic E-state index is 0. The molecular formula is C57H101BBrCl3I2N10NaO10S8. The van der Waals surface area contributed by atoms with Crippen molar-refractivity contribution in [2.75, 3.05) is 83.9 Å². The first-order valence-electron chi connectivity index (χ1n) is 31.4. The first-order chi connectivity index (χ1) is 43.5. The van der Waals surface area contributed by atoms with Crippen LogP contribution in [0.5, 0.6) is 0 Å². The summed E-state index contributed by atoms with van der Waals surface area (Å²) >= 11 is 35.5. The third-order valence-corrected chi connectivity index (χ3v) is 25.8. The van der Waals surface area contributed by atoms with Gasteiger partial charge in [0.1, 0.15) is 0 Å². The summed E-state index contributed by atoms with van der Waals surface area (Å²) in [4.78, 5) is 132. The zero-order valence-corrected chi connectivity index (χ0v) is 72.7. The standard InChI is InChI=1S/C12H20N2O2S4.C12H20N2O2S2.C12H22N2O2S2.C12H22N2O2.C4H9Br.C4H6N2O2.CHCl3.B.I2.Na.H/c1-3-5-7-13-9(15)12-14(8-6-4-2)10(16)11(13)20(12)19-18-17;1-3-5-7-13-9(15)12-14(8-6-4-2)10(16)11(13)17-18-12;1-3-5-7-13-9(15)12(18)14(8-6-4-2)10(16)11(13)17;1-3-5-7-13-9-12(16)14(8-6-4-2)10-11(13)15;1-2-3-4-5;7-3-1-5-4(8)2-6-3;2-1(3)4;;1-2;;/h11-12H,3-8H2,1-2H3;11-12H,3-8H2,1-2H3;11-12,17-18H,3-8H2,1-2H3;3-10H2,1-2H3;2-4H2,1H3;1-2H2,(H,5,8)(H,6,7);1H;;;;/q;;;;;;;;;+1;-1. The van der Waals surface area contributed by atoms with E-state index in [1.54, 1.807) is 51.0 Å². The summed E-state index contributed by atoms with van der Waals surface area (Å²) in [5.41, 5.74) is 0. The van der Waals surface area contributed by atoms with E-state index in [0.29, 0.717) is 26.2 Å². The number of fused-ring (bicyclic) bond motifs is 5. The van der Waals surface area contributed by atoms with Crippen LogP contribution in [0.15, 0.2) is 0 Å². The third-order valence-electron chi connectivity index (χ3n) is 14.3. The fraction of sp³-hybridized carbons (Fsp3) is 0.825. The van der Waals surface area contributed by atoms with Gasteiger partial charge in [-0.3, -0.25) is 47.9 Å². The Bertz CT molecular complexity index is 2210. The van der Waals surface area contributed by atoms with Crippen LogP contribution in [-0.2, 0) is 86.3 Å². The molecular weight excluding hydrogens is 1720 g/mol. The van der Waals surface area contributed by atoms with Crippen LogP contribution in [0.1, 0.15) is 179 Å². The van der Waals surface area contributed by atoms with Crippen LogP contribution in [-0.4, -0.2) is 227 Å². The minimum Gasteiger partial charge on any atom is -1.00 e. The van der Waals surface area contributed by atoms with Crippen LogP contribution in [0.4, 0.5) is 0 Å². The molecule has 0 aliphatic carbocycles. The van der Waals surface area contributed by atoms with E-state index in [1.165, 1.54) is 40.4 Å². The number of carbonyl (C=O) groups excluding carboxylic acids is 10. The van der Waals surface area contributed by atoms with Crippen LogP contribution in [0.2, 0.25) is 0 Å². The maximum absolute atomic E-state index is 12.6. The van der Waals surface area contributed by atoms with E-state index in [0.717, 1.165) is 134 Å². The fourth-order valence-corrected chi connectivity index (χ4v) is 20.9. The average molecular weight is 1820 g/mol. The van der Waals surface area contributed by atoms with Crippen LogP contribution in [0.25, 0.3) is 0 Å². The molecule has 0 spiro atoms. The van der Waals surface area contributed by atoms with Crippen molar-refractivity contribution < 1.29 is 78.9 Å². The molecule has 8 aliphatic heterocycles. The molecule has 4 bridgehead atoms. The minimum atomic E-state index is -0.750. The van der Waals surface area contributed by atoms with Crippen molar-refractivity contribution >= 4 is 241 Å². The number of halogens is 6. The summed E-state index contributed by atoms with van der Waals surface area (Å²) in [5, 5.41) is 3.55. The second kappa shape index (κ2) is 58.5. The van der Waals surface area contributed by atoms with Gasteiger partial charge in [0.05, 0.1) is 26.2 Å². The molecule has 6 unspecified atom stereocenters. The zero-order valence-electron chi connectivity index (χ0n) is 56.8. The smallest absolute Gasteiger partial charge is 1.00 e. The number of unbranched alkanes of at least 4 members (excludes halogenated alkanes) is 9. The number of amides is 10. The molecule has 6 atom stereocenters. The molecule has 8 rings (SSSR count). The Morgan fingerprint density at radius 2 is 0.774 bits per heavy atom. The summed E-state index contributed by atoms with van der Waals surface area (Å²) < 4.78 is -0.750. The van der Waals surface area contributed by atoms with Crippen LogP contribution in [0.3, 0.4) is 0 Å². The van der Waals surface area contributed by atoms with Gasteiger partial charge in [-0.2, -0.15) is 0 Å². The average Bonchev–Trinajstić information content (AvgIpc) is 1.53. The van der Waals surface area contributed by atoms with E-state index in [-0.39, 0.29) is 156 Å². The van der Waals surface area contributed by atoms with Crippen LogP contribution in [0, 0.1) is 0 Å². The van der Waals surface area contributed by atoms with Crippen molar-refractivity contribution in [3.63, 3.8) is 0 Å². The number of hydrogen-bond acceptors (Lipinski definition) is 15. The summed E-state index contributed by atoms with van der Waals surface area (Å²) in [7, 11) is 5.59.